The summed E-state index contributed by atoms with van der Waals surface area (Å²) in [6.45, 7) is 1.58. The Morgan fingerprint density at radius 1 is 1.45 bits per heavy atom. The first-order valence-electron chi connectivity index (χ1n) is 3.23. The predicted octanol–water partition coefficient (Wildman–Crippen LogP) is 0.727. The summed E-state index contributed by atoms with van der Waals surface area (Å²) in [5.41, 5.74) is 0. The van der Waals surface area contributed by atoms with Crippen LogP contribution in [0.25, 0.3) is 0 Å². The Bertz CT molecular complexity index is 134. The largest absolute Gasteiger partial charge is 0.309 e. The molecule has 11 heavy (non-hydrogen) atoms. The van der Waals surface area contributed by atoms with Crippen molar-refractivity contribution in [1.29, 1.82) is 0 Å². The molecule has 0 aromatic heterocycles. The number of hydrogen-bond acceptors (Lipinski definition) is 2. The normalized spacial score (nSPS) is 14.4. The Morgan fingerprint density at radius 3 is 2.36 bits per heavy atom. The van der Waals surface area contributed by atoms with Crippen molar-refractivity contribution in [3.63, 3.8) is 0 Å². The molecule has 0 aliphatic heterocycles. The first-order valence-corrected chi connectivity index (χ1v) is 5.26. The molecular formula is C5H13IN2O2S. The van der Waals surface area contributed by atoms with Crippen molar-refractivity contribution in [3.8, 4) is 0 Å². The van der Waals surface area contributed by atoms with E-state index >= 15 is 0 Å². The highest BCUT2D eigenvalue weighted by atomic mass is 127. The van der Waals surface area contributed by atoms with Gasteiger partial charge in [0.15, 0.2) is 0 Å². The Kier molecular flexibility index (Phi) is 6.73. The quantitative estimate of drug-likeness (QED) is 0.461. The van der Waals surface area contributed by atoms with E-state index in [1.54, 1.807) is 0 Å². The fourth-order valence-corrected chi connectivity index (χ4v) is 1.22. The minimum atomic E-state index is -1.82. The van der Waals surface area contributed by atoms with Gasteiger partial charge in [0.05, 0.1) is 0 Å². The number of nitrogens with zero attached hydrogens (tertiary/aromatic N) is 2. The predicted molar refractivity (Wildman–Crippen MR) is 54.7 cm³/mol. The molecule has 4 nitrogen and oxygen atoms in total. The lowest BCUT2D eigenvalue weighted by Gasteiger charge is -2.11. The van der Waals surface area contributed by atoms with Gasteiger partial charge in [0.2, 0.25) is 11.3 Å². The van der Waals surface area contributed by atoms with Gasteiger partial charge in [-0.3, -0.25) is 4.55 Å². The summed E-state index contributed by atoms with van der Waals surface area (Å²) in [6, 6.07) is 0. The molecule has 6 heteroatoms. The number of halogens is 1. The summed E-state index contributed by atoms with van der Waals surface area (Å²) in [7, 11) is 3.96. The zero-order chi connectivity index (χ0) is 8.85. The van der Waals surface area contributed by atoms with E-state index in [2.05, 4.69) is 0 Å². The van der Waals surface area contributed by atoms with Crippen LogP contribution in [0.1, 0.15) is 6.42 Å². The van der Waals surface area contributed by atoms with Gasteiger partial charge in [0.1, 0.15) is 0 Å². The van der Waals surface area contributed by atoms with Crippen LogP contribution in [-0.2, 0) is 11.3 Å². The third-order valence-electron chi connectivity index (χ3n) is 1.11. The lowest BCUT2D eigenvalue weighted by atomic mass is 10.4. The van der Waals surface area contributed by atoms with Crippen LogP contribution < -0.4 is 0 Å². The van der Waals surface area contributed by atoms with Gasteiger partial charge in [-0.25, -0.2) is 4.21 Å². The van der Waals surface area contributed by atoms with E-state index in [0.29, 0.717) is 6.54 Å². The van der Waals surface area contributed by atoms with Crippen LogP contribution in [0.15, 0.2) is 0 Å². The lowest BCUT2D eigenvalue weighted by molar-refractivity contribution is 0.391. The summed E-state index contributed by atoms with van der Waals surface area (Å²) in [6.07, 6.45) is 0.905. The summed E-state index contributed by atoms with van der Waals surface area (Å²) in [4.78, 5) is 2.05. The van der Waals surface area contributed by atoms with E-state index in [0.717, 1.165) is 13.0 Å². The maximum Gasteiger partial charge on any atom is 0.243 e. The van der Waals surface area contributed by atoms with E-state index in [1.807, 2.05) is 41.9 Å². The standard InChI is InChI=1S/C5H13IN2O2S/c1-7(2)4-3-5-8(6)11(9)10/h3-5H2,1-2H3,(H,9,10). The van der Waals surface area contributed by atoms with Gasteiger partial charge in [0.25, 0.3) is 0 Å². The van der Waals surface area contributed by atoms with Crippen LogP contribution in [0.5, 0.6) is 0 Å². The molecule has 1 unspecified atom stereocenters. The number of hydrogen-bond donors (Lipinski definition) is 1. The maximum atomic E-state index is 10.4. The molecule has 0 aliphatic carbocycles. The average Bonchev–Trinajstić information content (AvgIpc) is 1.86. The Balaban J connectivity index is 3.31. The van der Waals surface area contributed by atoms with Crippen LogP contribution >= 0.6 is 22.9 Å². The Labute approximate surface area is 83.8 Å². The molecule has 0 spiro atoms. The average molecular weight is 292 g/mol. The molecule has 0 fully saturated rings. The smallest absolute Gasteiger partial charge is 0.243 e. The summed E-state index contributed by atoms with van der Waals surface area (Å²) < 4.78 is 20.3. The maximum absolute atomic E-state index is 10.4. The van der Waals surface area contributed by atoms with Crippen LogP contribution in [0.4, 0.5) is 0 Å². The van der Waals surface area contributed by atoms with Crippen molar-refractivity contribution in [1.82, 2.24) is 7.42 Å². The SMILES string of the molecule is CN(C)CCCN(I)S(=O)O. The molecule has 0 aromatic rings. The third-order valence-corrected chi connectivity index (χ3v) is 3.12. The van der Waals surface area contributed by atoms with E-state index in [4.69, 9.17) is 4.55 Å². The van der Waals surface area contributed by atoms with Crippen molar-refractivity contribution in [2.45, 2.75) is 6.42 Å². The zero-order valence-electron chi connectivity index (χ0n) is 6.66. The topological polar surface area (TPSA) is 43.8 Å². The molecule has 68 valence electrons. The second-order valence-corrected chi connectivity index (χ2v) is 5.15. The molecule has 0 aliphatic rings. The highest BCUT2D eigenvalue weighted by Crippen LogP contribution is 2.02. The van der Waals surface area contributed by atoms with Crippen molar-refractivity contribution in [3.05, 3.63) is 0 Å². The molecule has 0 radical (unpaired) electrons. The minimum Gasteiger partial charge on any atom is -0.309 e. The molecular weight excluding hydrogens is 279 g/mol. The van der Waals surface area contributed by atoms with Crippen LogP contribution in [0.2, 0.25) is 0 Å². The Hall–Kier alpha value is 0.760. The molecule has 1 N–H and O–H groups in total. The molecule has 0 aromatic carbocycles. The molecule has 0 saturated carbocycles. The molecule has 1 atom stereocenters. The first kappa shape index (κ1) is 11.8. The van der Waals surface area contributed by atoms with E-state index in [9.17, 15) is 4.21 Å². The second kappa shape index (κ2) is 6.30. The van der Waals surface area contributed by atoms with E-state index in [1.165, 1.54) is 2.52 Å². The zero-order valence-corrected chi connectivity index (χ0v) is 9.63. The summed E-state index contributed by atoms with van der Waals surface area (Å²) in [5, 5.41) is 0. The molecule has 0 rings (SSSR count). The number of rotatable bonds is 5. The monoisotopic (exact) mass is 292 g/mol. The molecule has 0 saturated heterocycles. The summed E-state index contributed by atoms with van der Waals surface area (Å²) >= 11 is 0.0194. The van der Waals surface area contributed by atoms with Gasteiger partial charge in [-0.1, -0.05) is 0 Å². The van der Waals surface area contributed by atoms with Gasteiger partial charge in [-0.05, 0) is 27.1 Å². The highest BCUT2D eigenvalue weighted by molar-refractivity contribution is 14.1. The highest BCUT2D eigenvalue weighted by Gasteiger charge is 2.04. The van der Waals surface area contributed by atoms with Crippen molar-refractivity contribution >= 4 is 34.1 Å². The summed E-state index contributed by atoms with van der Waals surface area (Å²) in [5.74, 6) is 0. The van der Waals surface area contributed by atoms with Crippen molar-refractivity contribution in [2.75, 3.05) is 27.2 Å². The van der Waals surface area contributed by atoms with Crippen LogP contribution in [-0.4, -0.2) is 43.4 Å². The second-order valence-electron chi connectivity index (χ2n) is 2.43. The third kappa shape index (κ3) is 7.13. The fourth-order valence-electron chi connectivity index (χ4n) is 0.589. The Morgan fingerprint density at radius 2 is 2.00 bits per heavy atom. The van der Waals surface area contributed by atoms with Gasteiger partial charge < -0.3 is 4.90 Å². The van der Waals surface area contributed by atoms with Gasteiger partial charge >= 0.3 is 0 Å². The van der Waals surface area contributed by atoms with Crippen LogP contribution in [0.3, 0.4) is 0 Å². The first-order chi connectivity index (χ1) is 5.04. The molecule has 0 bridgehead atoms. The van der Waals surface area contributed by atoms with E-state index < -0.39 is 11.3 Å². The molecule has 0 amide bonds. The lowest BCUT2D eigenvalue weighted by Crippen LogP contribution is -2.20. The van der Waals surface area contributed by atoms with Crippen molar-refractivity contribution < 1.29 is 8.76 Å². The van der Waals surface area contributed by atoms with Gasteiger partial charge in [-0.2, -0.15) is 0 Å². The minimum absolute atomic E-state index is 0.641. The fraction of sp³-hybridized carbons (Fsp3) is 1.00. The van der Waals surface area contributed by atoms with Gasteiger partial charge in [-0.15, -0.1) is 2.52 Å². The molecule has 0 heterocycles. The van der Waals surface area contributed by atoms with Crippen LogP contribution in [0, 0.1) is 0 Å². The van der Waals surface area contributed by atoms with Gasteiger partial charge in [0, 0.05) is 29.4 Å². The van der Waals surface area contributed by atoms with E-state index in [-0.39, 0.29) is 0 Å². The van der Waals surface area contributed by atoms with Crippen molar-refractivity contribution in [2.24, 2.45) is 0 Å².